The number of carbonyl (C=O) groups excluding carboxylic acids is 2. The number of benzene rings is 1. The maximum Gasteiger partial charge on any atom is 0.243 e. The number of nitrogens with two attached hydrogens (primary N) is 2. The Morgan fingerprint density at radius 3 is 2.35 bits per heavy atom. The van der Waals surface area contributed by atoms with Gasteiger partial charge in [-0.3, -0.25) is 9.59 Å². The summed E-state index contributed by atoms with van der Waals surface area (Å²) < 4.78 is 32.9. The first-order valence-corrected chi connectivity index (χ1v) is 19.6. The fourth-order valence-corrected chi connectivity index (χ4v) is 8.32. The molecule has 0 aromatic heterocycles. The molecule has 15 heteroatoms. The molecule has 0 radical (unpaired) electrons. The number of sulfonamides is 1. The molecular weight excluding hydrogens is 669 g/mol. The van der Waals surface area contributed by atoms with Gasteiger partial charge in [0, 0.05) is 33.1 Å². The highest BCUT2D eigenvalue weighted by Crippen LogP contribution is 2.32. The lowest BCUT2D eigenvalue weighted by Crippen LogP contribution is -2.61. The number of nitrogens with one attached hydrogen (secondary N) is 2. The fraction of sp³-hybridized carbons (Fsp3) is 0.735. The van der Waals surface area contributed by atoms with Gasteiger partial charge >= 0.3 is 0 Å². The first-order chi connectivity index (χ1) is 23.4. The molecule has 1 heterocycles. The predicted octanol–water partition coefficient (Wildman–Crippen LogP) is 1.38. The van der Waals surface area contributed by atoms with Crippen molar-refractivity contribution < 1.29 is 33.0 Å². The summed E-state index contributed by atoms with van der Waals surface area (Å²) in [4.78, 5) is 29.2. The van der Waals surface area contributed by atoms with Crippen LogP contribution in [0.1, 0.15) is 83.1 Å². The van der Waals surface area contributed by atoms with Gasteiger partial charge in [-0.1, -0.05) is 51.2 Å². The Morgan fingerprint density at radius 2 is 1.76 bits per heavy atom. The molecular formula is C34H58N6O7S2. The van der Waals surface area contributed by atoms with Crippen LogP contribution in [0.15, 0.2) is 29.2 Å². The van der Waals surface area contributed by atoms with E-state index in [1.54, 1.807) is 19.2 Å². The van der Waals surface area contributed by atoms with Crippen molar-refractivity contribution in [3.8, 4) is 0 Å². The fourth-order valence-electron chi connectivity index (χ4n) is 6.81. The van der Waals surface area contributed by atoms with E-state index in [4.69, 9.17) is 28.4 Å². The summed E-state index contributed by atoms with van der Waals surface area (Å²) >= 11 is 5.15. The summed E-state index contributed by atoms with van der Waals surface area (Å²) in [6.07, 6.45) is 5.74. The van der Waals surface area contributed by atoms with Crippen molar-refractivity contribution in [2.24, 2.45) is 17.4 Å². The third-order valence-corrected chi connectivity index (χ3v) is 12.0. The Labute approximate surface area is 297 Å². The maximum absolute atomic E-state index is 14.5. The molecule has 49 heavy (non-hydrogen) atoms. The molecule has 5 atom stereocenters. The average molecular weight is 727 g/mol. The van der Waals surface area contributed by atoms with E-state index in [-0.39, 0.29) is 43.2 Å². The SMILES string of the molecule is CCC(O)CC(O)C(CC1CCCCC1)N(C(=O)[C@@H](N)Cc1ccc(S(=O)(=O)N2CCOCC2)cc1)[C@@H](CCCCNC(=S)NC)C(N)=O. The van der Waals surface area contributed by atoms with Gasteiger partial charge in [0.2, 0.25) is 21.8 Å². The number of primary amides is 1. The lowest BCUT2D eigenvalue weighted by Gasteiger charge is -2.42. The number of nitrogens with zero attached hydrogens (tertiary/aromatic N) is 2. The van der Waals surface area contributed by atoms with Crippen molar-refractivity contribution in [1.82, 2.24) is 19.8 Å². The quantitative estimate of drug-likeness (QED) is 0.0889. The third-order valence-electron chi connectivity index (χ3n) is 9.73. The van der Waals surface area contributed by atoms with Crippen molar-refractivity contribution in [3.05, 3.63) is 29.8 Å². The highest BCUT2D eigenvalue weighted by molar-refractivity contribution is 7.89. The van der Waals surface area contributed by atoms with Crippen LogP contribution in [0.5, 0.6) is 0 Å². The van der Waals surface area contributed by atoms with Crippen LogP contribution in [0.4, 0.5) is 0 Å². The molecule has 1 aliphatic carbocycles. The van der Waals surface area contributed by atoms with Crippen molar-refractivity contribution >= 4 is 39.2 Å². The van der Waals surface area contributed by atoms with Gasteiger partial charge in [-0.15, -0.1) is 0 Å². The minimum Gasteiger partial charge on any atom is -0.393 e. The molecule has 2 fully saturated rings. The molecule has 1 aromatic rings. The van der Waals surface area contributed by atoms with Crippen LogP contribution in [0.3, 0.4) is 0 Å². The van der Waals surface area contributed by atoms with E-state index in [1.807, 2.05) is 6.92 Å². The topological polar surface area (TPSA) is 201 Å². The molecule has 2 aliphatic rings. The van der Waals surface area contributed by atoms with Gasteiger partial charge in [0.05, 0.1) is 42.4 Å². The molecule has 1 aromatic carbocycles. The van der Waals surface area contributed by atoms with Crippen molar-refractivity contribution in [2.75, 3.05) is 39.9 Å². The van der Waals surface area contributed by atoms with Gasteiger partial charge in [-0.2, -0.15) is 4.31 Å². The number of carbonyl (C=O) groups is 2. The van der Waals surface area contributed by atoms with E-state index in [2.05, 4.69) is 10.6 Å². The number of thiocarbonyl (C=S) groups is 1. The van der Waals surface area contributed by atoms with E-state index in [1.165, 1.54) is 21.3 Å². The number of unbranched alkanes of at least 4 members (excludes halogenated alkanes) is 1. The number of amides is 2. The van der Waals surface area contributed by atoms with Crippen LogP contribution in [-0.2, 0) is 30.8 Å². The van der Waals surface area contributed by atoms with Gasteiger partial charge in [-0.25, -0.2) is 8.42 Å². The number of rotatable bonds is 19. The summed E-state index contributed by atoms with van der Waals surface area (Å²) in [5.41, 5.74) is 13.3. The van der Waals surface area contributed by atoms with Crippen LogP contribution < -0.4 is 22.1 Å². The summed E-state index contributed by atoms with van der Waals surface area (Å²) in [7, 11) is -1.97. The van der Waals surface area contributed by atoms with Crippen LogP contribution in [-0.4, -0.2) is 115 Å². The van der Waals surface area contributed by atoms with Crippen LogP contribution in [0, 0.1) is 5.92 Å². The standard InChI is InChI=1S/C34H58N6O7S2/c1-3-26(41)23-31(42)30(22-24-9-5-4-6-10-24)40(29(32(36)43)11-7-8-16-38-34(48)37-2)33(44)28(35)21-25-12-14-27(15-13-25)49(45,46)39-17-19-47-20-18-39/h12-15,24,26,28-31,41-42H,3-11,16-23,35H2,1-2H3,(H2,36,43)(H2,37,38,48)/t26?,28-,29-,30?,31?/m0/s1. The van der Waals surface area contributed by atoms with Crippen LogP contribution >= 0.6 is 12.2 Å². The molecule has 3 rings (SSSR count). The van der Waals surface area contributed by atoms with Gasteiger partial charge in [0.25, 0.3) is 0 Å². The van der Waals surface area contributed by atoms with Crippen LogP contribution in [0.2, 0.25) is 0 Å². The van der Waals surface area contributed by atoms with Crippen LogP contribution in [0.25, 0.3) is 0 Å². The van der Waals surface area contributed by atoms with Crippen molar-refractivity contribution in [3.63, 3.8) is 0 Å². The zero-order chi connectivity index (χ0) is 36.0. The van der Waals surface area contributed by atoms with E-state index >= 15 is 0 Å². The number of morpholine rings is 1. The Kier molecular flexibility index (Phi) is 17.1. The zero-order valence-electron chi connectivity index (χ0n) is 29.1. The maximum atomic E-state index is 14.5. The Hall–Kier alpha value is -2.40. The predicted molar refractivity (Wildman–Crippen MR) is 193 cm³/mol. The second-order valence-corrected chi connectivity index (χ2v) is 15.7. The molecule has 0 spiro atoms. The van der Waals surface area contributed by atoms with E-state index in [9.17, 15) is 28.2 Å². The van der Waals surface area contributed by atoms with E-state index in [0.29, 0.717) is 56.1 Å². The average Bonchev–Trinajstić information content (AvgIpc) is 3.10. The molecule has 3 unspecified atom stereocenters. The minimum atomic E-state index is -3.69. The molecule has 1 saturated carbocycles. The number of aliphatic hydroxyl groups is 2. The number of ether oxygens (including phenoxy) is 1. The Morgan fingerprint density at radius 1 is 1.10 bits per heavy atom. The molecule has 1 saturated heterocycles. The largest absolute Gasteiger partial charge is 0.393 e. The Balaban J connectivity index is 1.89. The normalized spacial score (nSPS) is 19.3. The lowest BCUT2D eigenvalue weighted by molar-refractivity contribution is -0.148. The second-order valence-electron chi connectivity index (χ2n) is 13.3. The van der Waals surface area contributed by atoms with Crippen molar-refractivity contribution in [1.29, 1.82) is 0 Å². The Bertz CT molecular complexity index is 1290. The number of aliphatic hydroxyl groups excluding tert-OH is 2. The van der Waals surface area contributed by atoms with E-state index in [0.717, 1.165) is 32.1 Å². The number of hydrogen-bond donors (Lipinski definition) is 6. The molecule has 1 aliphatic heterocycles. The first kappa shape index (κ1) is 41.0. The van der Waals surface area contributed by atoms with Gasteiger partial charge < -0.3 is 42.0 Å². The molecule has 0 bridgehead atoms. The number of hydrogen-bond acceptors (Lipinski definition) is 9. The second kappa shape index (κ2) is 20.4. The molecule has 8 N–H and O–H groups in total. The minimum absolute atomic E-state index is 0.0445. The smallest absolute Gasteiger partial charge is 0.243 e. The zero-order valence-corrected chi connectivity index (χ0v) is 30.7. The van der Waals surface area contributed by atoms with Gasteiger partial charge in [-0.05, 0) is 74.4 Å². The van der Waals surface area contributed by atoms with Gasteiger partial charge in [0.1, 0.15) is 6.04 Å². The highest BCUT2D eigenvalue weighted by atomic mass is 32.2. The third kappa shape index (κ3) is 12.4. The highest BCUT2D eigenvalue weighted by Gasteiger charge is 2.41. The summed E-state index contributed by atoms with van der Waals surface area (Å²) in [5, 5.41) is 28.6. The lowest BCUT2D eigenvalue weighted by atomic mass is 9.81. The summed E-state index contributed by atoms with van der Waals surface area (Å²) in [6.45, 7) is 3.63. The first-order valence-electron chi connectivity index (χ1n) is 17.7. The summed E-state index contributed by atoms with van der Waals surface area (Å²) in [5.74, 6) is -0.970. The molecule has 2 amide bonds. The molecule has 278 valence electrons. The van der Waals surface area contributed by atoms with Gasteiger partial charge in [0.15, 0.2) is 5.11 Å². The summed E-state index contributed by atoms with van der Waals surface area (Å²) in [6, 6.07) is 3.40. The monoisotopic (exact) mass is 726 g/mol. The van der Waals surface area contributed by atoms with Crippen molar-refractivity contribution in [2.45, 2.75) is 119 Å². The van der Waals surface area contributed by atoms with E-state index < -0.39 is 52.2 Å². The molecule has 13 nitrogen and oxygen atoms in total.